The maximum atomic E-state index is 13.0. The van der Waals surface area contributed by atoms with Crippen molar-refractivity contribution in [2.75, 3.05) is 23.7 Å². The highest BCUT2D eigenvalue weighted by molar-refractivity contribution is 7.90. The van der Waals surface area contributed by atoms with Crippen LogP contribution in [0.25, 0.3) is 0 Å². The average molecular weight is 573 g/mol. The fourth-order valence-electron chi connectivity index (χ4n) is 5.97. The van der Waals surface area contributed by atoms with Gasteiger partial charge in [0.15, 0.2) is 0 Å². The standard InChI is InChI=1S/C30H37ClN2O5S/c1-30-14-13-24(30)19-33-15-5-4-7-21-17-25(31)11-9-23(21)20-38-27-12-10-22(18-26(27)33)29(35)32-39(36,37)16-6-2-3-8-28(30)34/h2-3,9-12,17-18,24,28,34H,4-8,13-16,19-20H2,1H3,(H,32,35)/b3-2+/t24-,28+,30-/m1/s1. The molecular weight excluding hydrogens is 536 g/mol. The van der Waals surface area contributed by atoms with Crippen molar-refractivity contribution >= 4 is 33.2 Å². The normalized spacial score (nSPS) is 28.4. The Bertz CT molecular complexity index is 1360. The Morgan fingerprint density at radius 2 is 1.97 bits per heavy atom. The maximum absolute atomic E-state index is 13.0. The number of hydrogen-bond donors (Lipinski definition) is 2. The van der Waals surface area contributed by atoms with E-state index in [1.807, 2.05) is 24.3 Å². The number of aliphatic hydroxyl groups is 1. The largest absolute Gasteiger partial charge is 0.487 e. The van der Waals surface area contributed by atoms with Crippen LogP contribution in [0.2, 0.25) is 5.02 Å². The third-order valence-corrected chi connectivity index (χ3v) is 10.2. The summed E-state index contributed by atoms with van der Waals surface area (Å²) >= 11 is 6.29. The molecule has 2 aliphatic heterocycles. The highest BCUT2D eigenvalue weighted by Crippen LogP contribution is 2.51. The van der Waals surface area contributed by atoms with Crippen molar-refractivity contribution in [1.82, 2.24) is 4.72 Å². The van der Waals surface area contributed by atoms with E-state index in [1.54, 1.807) is 24.3 Å². The molecule has 3 atom stereocenters. The van der Waals surface area contributed by atoms with E-state index in [0.717, 1.165) is 56.4 Å². The van der Waals surface area contributed by atoms with Crippen molar-refractivity contribution in [1.29, 1.82) is 0 Å². The Hall–Kier alpha value is -2.55. The second kappa shape index (κ2) is 11.5. The highest BCUT2D eigenvalue weighted by atomic mass is 35.5. The molecule has 0 unspecified atom stereocenters. The topological polar surface area (TPSA) is 95.9 Å². The summed E-state index contributed by atoms with van der Waals surface area (Å²) in [7, 11) is -3.81. The first-order valence-corrected chi connectivity index (χ1v) is 15.8. The lowest BCUT2D eigenvalue weighted by Crippen LogP contribution is -2.51. The van der Waals surface area contributed by atoms with Crippen molar-refractivity contribution < 1.29 is 23.1 Å². The predicted octanol–water partition coefficient (Wildman–Crippen LogP) is 5.25. The molecule has 39 heavy (non-hydrogen) atoms. The lowest BCUT2D eigenvalue weighted by atomic mass is 9.57. The van der Waals surface area contributed by atoms with Gasteiger partial charge in [0, 0.05) is 23.7 Å². The number of aliphatic hydroxyl groups excluding tert-OH is 1. The van der Waals surface area contributed by atoms with Gasteiger partial charge in [-0.1, -0.05) is 36.7 Å². The number of benzene rings is 2. The molecule has 1 aliphatic carbocycles. The molecular formula is C30H37ClN2O5S. The first-order valence-electron chi connectivity index (χ1n) is 13.8. The van der Waals surface area contributed by atoms with E-state index in [2.05, 4.69) is 16.5 Å². The molecule has 0 saturated heterocycles. The number of hydrogen-bond acceptors (Lipinski definition) is 6. The van der Waals surface area contributed by atoms with Crippen LogP contribution in [0.15, 0.2) is 48.6 Å². The Morgan fingerprint density at radius 3 is 2.77 bits per heavy atom. The first-order chi connectivity index (χ1) is 18.6. The van der Waals surface area contributed by atoms with E-state index in [-0.39, 0.29) is 29.1 Å². The summed E-state index contributed by atoms with van der Waals surface area (Å²) in [5, 5.41) is 11.8. The van der Waals surface area contributed by atoms with Crippen molar-refractivity contribution in [2.45, 2.75) is 64.6 Å². The fourth-order valence-corrected chi connectivity index (χ4v) is 7.12. The molecule has 0 spiro atoms. The van der Waals surface area contributed by atoms with Gasteiger partial charge >= 0.3 is 0 Å². The van der Waals surface area contributed by atoms with Crippen LogP contribution in [0.5, 0.6) is 5.75 Å². The third-order valence-electron chi connectivity index (χ3n) is 8.73. The van der Waals surface area contributed by atoms with Crippen LogP contribution in [-0.2, 0) is 23.1 Å². The number of ether oxygens (including phenoxy) is 1. The molecule has 2 heterocycles. The van der Waals surface area contributed by atoms with Crippen LogP contribution in [0.1, 0.15) is 66.9 Å². The molecule has 1 amide bonds. The van der Waals surface area contributed by atoms with E-state index in [0.29, 0.717) is 23.8 Å². The number of amides is 1. The lowest BCUT2D eigenvalue weighted by Gasteiger charge is -2.52. The third kappa shape index (κ3) is 6.28. The minimum Gasteiger partial charge on any atom is -0.487 e. The summed E-state index contributed by atoms with van der Waals surface area (Å²) < 4.78 is 33.8. The molecule has 3 aliphatic rings. The number of sulfonamides is 1. The average Bonchev–Trinajstić information content (AvgIpc) is 2.92. The molecule has 2 aromatic rings. The molecule has 0 radical (unpaired) electrons. The Kier molecular flexibility index (Phi) is 8.26. The van der Waals surface area contributed by atoms with Gasteiger partial charge in [-0.15, -0.1) is 0 Å². The van der Waals surface area contributed by atoms with Gasteiger partial charge in [-0.05, 0) is 97.7 Å². The second-order valence-corrected chi connectivity index (χ2v) is 13.6. The molecule has 0 aromatic heterocycles. The number of carbonyl (C=O) groups excluding carboxylic acids is 1. The van der Waals surface area contributed by atoms with E-state index in [4.69, 9.17) is 16.3 Å². The number of allylic oxidation sites excluding steroid dienone is 1. The maximum Gasteiger partial charge on any atom is 0.264 e. The van der Waals surface area contributed by atoms with E-state index in [1.165, 1.54) is 5.56 Å². The summed E-state index contributed by atoms with van der Waals surface area (Å²) in [5.41, 5.74) is 3.05. The van der Waals surface area contributed by atoms with Crippen LogP contribution in [-0.4, -0.2) is 44.4 Å². The second-order valence-electron chi connectivity index (χ2n) is 11.3. The summed E-state index contributed by atoms with van der Waals surface area (Å²) in [6.45, 7) is 3.98. The molecule has 7 nitrogen and oxygen atoms in total. The summed E-state index contributed by atoms with van der Waals surface area (Å²) in [6.07, 6.45) is 8.61. The van der Waals surface area contributed by atoms with Crippen molar-refractivity contribution in [3.05, 3.63) is 70.3 Å². The van der Waals surface area contributed by atoms with Crippen LogP contribution >= 0.6 is 11.6 Å². The van der Waals surface area contributed by atoms with E-state index < -0.39 is 22.0 Å². The number of nitrogens with zero attached hydrogens (tertiary/aromatic N) is 1. The summed E-state index contributed by atoms with van der Waals surface area (Å²) in [4.78, 5) is 15.3. The van der Waals surface area contributed by atoms with Crippen molar-refractivity contribution in [2.24, 2.45) is 11.3 Å². The smallest absolute Gasteiger partial charge is 0.264 e. The van der Waals surface area contributed by atoms with Gasteiger partial charge in [-0.3, -0.25) is 4.79 Å². The zero-order valence-corrected chi connectivity index (χ0v) is 23.9. The predicted molar refractivity (Wildman–Crippen MR) is 154 cm³/mol. The quantitative estimate of drug-likeness (QED) is 0.419. The SMILES string of the molecule is C[C@@]12CC[C@@H]1CN1CCCCc3cc(Cl)ccc3COc3ccc(cc31)C(=O)NS(=O)(=O)CC/C=C/C[C@@H]2O. The molecule has 1 saturated carbocycles. The molecule has 1 fully saturated rings. The van der Waals surface area contributed by atoms with Gasteiger partial charge < -0.3 is 14.7 Å². The summed E-state index contributed by atoms with van der Waals surface area (Å²) in [5.74, 6) is 0.0740. The van der Waals surface area contributed by atoms with Crippen molar-refractivity contribution in [3.63, 3.8) is 0 Å². The molecule has 2 bridgehead atoms. The van der Waals surface area contributed by atoms with Gasteiger partial charge in [-0.2, -0.15) is 0 Å². The Balaban J connectivity index is 1.54. The van der Waals surface area contributed by atoms with Crippen LogP contribution < -0.4 is 14.4 Å². The Morgan fingerprint density at radius 1 is 1.13 bits per heavy atom. The minimum atomic E-state index is -3.81. The number of fused-ring (bicyclic) bond motifs is 3. The lowest BCUT2D eigenvalue weighted by molar-refractivity contribution is -0.0694. The fraction of sp³-hybridized carbons (Fsp3) is 0.500. The number of nitrogens with one attached hydrogen (secondary N) is 1. The van der Waals surface area contributed by atoms with Gasteiger partial charge in [0.1, 0.15) is 12.4 Å². The van der Waals surface area contributed by atoms with Gasteiger partial charge in [0.2, 0.25) is 10.0 Å². The number of carbonyl (C=O) groups is 1. The van der Waals surface area contributed by atoms with E-state index >= 15 is 0 Å². The number of halogens is 1. The molecule has 2 aromatic carbocycles. The molecule has 9 heteroatoms. The van der Waals surface area contributed by atoms with Crippen LogP contribution in [0.4, 0.5) is 5.69 Å². The van der Waals surface area contributed by atoms with Gasteiger partial charge in [-0.25, -0.2) is 13.1 Å². The van der Waals surface area contributed by atoms with Crippen LogP contribution in [0, 0.1) is 11.3 Å². The van der Waals surface area contributed by atoms with Gasteiger partial charge in [0.25, 0.3) is 5.91 Å². The van der Waals surface area contributed by atoms with Crippen molar-refractivity contribution in [3.8, 4) is 5.75 Å². The number of aryl methyl sites for hydroxylation is 1. The minimum absolute atomic E-state index is 0.200. The number of anilines is 1. The van der Waals surface area contributed by atoms with Crippen LogP contribution in [0.3, 0.4) is 0 Å². The molecule has 2 N–H and O–H groups in total. The molecule has 5 rings (SSSR count). The summed E-state index contributed by atoms with van der Waals surface area (Å²) in [6, 6.07) is 11.0. The zero-order chi connectivity index (χ0) is 27.6. The van der Waals surface area contributed by atoms with E-state index in [9.17, 15) is 18.3 Å². The Labute approximate surface area is 236 Å². The van der Waals surface area contributed by atoms with Gasteiger partial charge in [0.05, 0.1) is 17.5 Å². The zero-order valence-electron chi connectivity index (χ0n) is 22.4. The molecule has 210 valence electrons. The highest BCUT2D eigenvalue weighted by Gasteiger charge is 2.48. The monoisotopic (exact) mass is 572 g/mol. The number of rotatable bonds is 0. The first kappa shape index (κ1) is 28.0.